The average molecular weight is 347 g/mol. The van der Waals surface area contributed by atoms with Crippen molar-refractivity contribution in [3.63, 3.8) is 0 Å². The van der Waals surface area contributed by atoms with Gasteiger partial charge in [-0.15, -0.1) is 0 Å². The molecule has 0 aromatic heterocycles. The fraction of sp³-hybridized carbons (Fsp3) is 0.500. The summed E-state index contributed by atoms with van der Waals surface area (Å²) in [5.41, 5.74) is 0.956. The number of ether oxygens (including phenoxy) is 1. The highest BCUT2D eigenvalue weighted by Crippen LogP contribution is 2.13. The molecule has 0 aliphatic carbocycles. The van der Waals surface area contributed by atoms with Crippen molar-refractivity contribution in [2.75, 3.05) is 26.2 Å². The minimum absolute atomic E-state index is 0.113. The zero-order chi connectivity index (χ0) is 18.2. The average Bonchev–Trinajstić information content (AvgIpc) is 2.61. The summed E-state index contributed by atoms with van der Waals surface area (Å²) in [5.74, 6) is -0.952. The van der Waals surface area contributed by atoms with Crippen LogP contribution in [0.2, 0.25) is 0 Å². The zero-order valence-electron chi connectivity index (χ0n) is 14.7. The second-order valence-corrected chi connectivity index (χ2v) is 5.94. The van der Waals surface area contributed by atoms with Gasteiger partial charge in [0.15, 0.2) is 0 Å². The number of carbonyl (C=O) groups is 3. The lowest BCUT2D eigenvalue weighted by molar-refractivity contribution is -0.146. The number of amides is 2. The molecule has 0 saturated carbocycles. The van der Waals surface area contributed by atoms with Crippen molar-refractivity contribution in [1.82, 2.24) is 15.5 Å². The quantitative estimate of drug-likeness (QED) is 0.683. The molecule has 0 bridgehead atoms. The lowest BCUT2D eigenvalue weighted by atomic mass is 10.0. The number of rotatable bonds is 7. The van der Waals surface area contributed by atoms with E-state index in [-0.39, 0.29) is 31.0 Å². The molecule has 1 fully saturated rings. The fourth-order valence-corrected chi connectivity index (χ4v) is 2.83. The van der Waals surface area contributed by atoms with Crippen molar-refractivity contribution in [2.24, 2.45) is 0 Å². The van der Waals surface area contributed by atoms with E-state index in [0.29, 0.717) is 19.5 Å². The van der Waals surface area contributed by atoms with Gasteiger partial charge in [0, 0.05) is 19.5 Å². The Morgan fingerprint density at radius 2 is 2.08 bits per heavy atom. The number of nitrogens with one attached hydrogen (secondary N) is 2. The number of piperazine rings is 1. The SMILES string of the molecule is CCOC(=O)CNC(=O)[C@H](Cc1ccccc1)N1CCN[C@@H](C)C1=O. The van der Waals surface area contributed by atoms with Crippen LogP contribution >= 0.6 is 0 Å². The smallest absolute Gasteiger partial charge is 0.325 e. The van der Waals surface area contributed by atoms with Crippen LogP contribution in [0.3, 0.4) is 0 Å². The van der Waals surface area contributed by atoms with E-state index in [4.69, 9.17) is 4.74 Å². The molecule has 25 heavy (non-hydrogen) atoms. The van der Waals surface area contributed by atoms with Crippen molar-refractivity contribution in [1.29, 1.82) is 0 Å². The summed E-state index contributed by atoms with van der Waals surface area (Å²) in [6.45, 7) is 4.63. The van der Waals surface area contributed by atoms with E-state index in [2.05, 4.69) is 10.6 Å². The lowest BCUT2D eigenvalue weighted by Gasteiger charge is -2.37. The van der Waals surface area contributed by atoms with Crippen LogP contribution in [-0.4, -0.2) is 61.0 Å². The number of benzene rings is 1. The molecular weight excluding hydrogens is 322 g/mol. The molecule has 0 spiro atoms. The predicted octanol–water partition coefficient (Wildman–Crippen LogP) is 0.0973. The summed E-state index contributed by atoms with van der Waals surface area (Å²) >= 11 is 0. The molecule has 1 saturated heterocycles. The first kappa shape index (κ1) is 18.9. The van der Waals surface area contributed by atoms with E-state index in [1.807, 2.05) is 30.3 Å². The first-order valence-electron chi connectivity index (χ1n) is 8.54. The Morgan fingerprint density at radius 1 is 1.36 bits per heavy atom. The van der Waals surface area contributed by atoms with E-state index >= 15 is 0 Å². The van der Waals surface area contributed by atoms with Gasteiger partial charge in [-0.05, 0) is 19.4 Å². The van der Waals surface area contributed by atoms with Crippen molar-refractivity contribution in [3.8, 4) is 0 Å². The van der Waals surface area contributed by atoms with Crippen LogP contribution in [0, 0.1) is 0 Å². The van der Waals surface area contributed by atoms with E-state index in [1.165, 1.54) is 0 Å². The third-order valence-electron chi connectivity index (χ3n) is 4.12. The minimum Gasteiger partial charge on any atom is -0.465 e. The standard InChI is InChI=1S/C18H25N3O4/c1-3-25-16(22)12-20-17(23)15(11-14-7-5-4-6-8-14)21-10-9-19-13(2)18(21)24/h4-8,13,15,19H,3,9-12H2,1-2H3,(H,20,23)/t13-,15-/m0/s1. The molecule has 2 amide bonds. The molecule has 7 heteroatoms. The van der Waals surface area contributed by atoms with Crippen LogP contribution in [0.5, 0.6) is 0 Å². The number of carbonyl (C=O) groups excluding carboxylic acids is 3. The Hall–Kier alpha value is -2.41. The fourth-order valence-electron chi connectivity index (χ4n) is 2.83. The molecule has 1 aromatic carbocycles. The summed E-state index contributed by atoms with van der Waals surface area (Å²) in [6, 6.07) is 8.54. The van der Waals surface area contributed by atoms with E-state index < -0.39 is 12.0 Å². The van der Waals surface area contributed by atoms with Gasteiger partial charge in [0.2, 0.25) is 11.8 Å². The highest BCUT2D eigenvalue weighted by Gasteiger charge is 2.34. The first-order chi connectivity index (χ1) is 12.0. The van der Waals surface area contributed by atoms with E-state index in [0.717, 1.165) is 5.56 Å². The molecule has 1 aliphatic rings. The highest BCUT2D eigenvalue weighted by molar-refractivity contribution is 5.91. The normalized spacial score (nSPS) is 18.6. The predicted molar refractivity (Wildman–Crippen MR) is 92.8 cm³/mol. The van der Waals surface area contributed by atoms with Gasteiger partial charge in [-0.1, -0.05) is 30.3 Å². The molecule has 1 aromatic rings. The molecule has 1 heterocycles. The molecule has 0 radical (unpaired) electrons. The molecule has 2 N–H and O–H groups in total. The van der Waals surface area contributed by atoms with Gasteiger partial charge in [0.1, 0.15) is 12.6 Å². The van der Waals surface area contributed by atoms with Gasteiger partial charge < -0.3 is 20.3 Å². The highest BCUT2D eigenvalue weighted by atomic mass is 16.5. The minimum atomic E-state index is -0.658. The van der Waals surface area contributed by atoms with Crippen LogP contribution in [-0.2, 0) is 25.5 Å². The zero-order valence-corrected chi connectivity index (χ0v) is 14.7. The van der Waals surface area contributed by atoms with Crippen molar-refractivity contribution < 1.29 is 19.1 Å². The maximum absolute atomic E-state index is 12.7. The number of hydrogen-bond donors (Lipinski definition) is 2. The monoisotopic (exact) mass is 347 g/mol. The topological polar surface area (TPSA) is 87.7 Å². The van der Waals surface area contributed by atoms with Crippen LogP contribution < -0.4 is 10.6 Å². The molecule has 7 nitrogen and oxygen atoms in total. The Bertz CT molecular complexity index is 606. The molecule has 0 unspecified atom stereocenters. The van der Waals surface area contributed by atoms with Gasteiger partial charge in [-0.3, -0.25) is 14.4 Å². The van der Waals surface area contributed by atoms with Crippen molar-refractivity contribution in [3.05, 3.63) is 35.9 Å². The third kappa shape index (κ3) is 5.29. The van der Waals surface area contributed by atoms with Crippen LogP contribution in [0.25, 0.3) is 0 Å². The summed E-state index contributed by atoms with van der Waals surface area (Å²) in [6.07, 6.45) is 0.397. The van der Waals surface area contributed by atoms with Gasteiger partial charge in [-0.25, -0.2) is 0 Å². The van der Waals surface area contributed by atoms with Crippen LogP contribution in [0.1, 0.15) is 19.4 Å². The van der Waals surface area contributed by atoms with Gasteiger partial charge >= 0.3 is 5.97 Å². The van der Waals surface area contributed by atoms with E-state index in [9.17, 15) is 14.4 Å². The van der Waals surface area contributed by atoms with Crippen LogP contribution in [0.4, 0.5) is 0 Å². The summed E-state index contributed by atoms with van der Waals surface area (Å²) in [5, 5.41) is 5.68. The van der Waals surface area contributed by atoms with E-state index in [1.54, 1.807) is 18.7 Å². The summed E-state index contributed by atoms with van der Waals surface area (Å²) < 4.78 is 4.83. The van der Waals surface area contributed by atoms with Crippen molar-refractivity contribution >= 4 is 17.8 Å². The molecule has 1 aliphatic heterocycles. The maximum atomic E-state index is 12.7. The Labute approximate surface area is 147 Å². The summed E-state index contributed by atoms with van der Waals surface area (Å²) in [4.78, 5) is 38.3. The van der Waals surface area contributed by atoms with Crippen LogP contribution in [0.15, 0.2) is 30.3 Å². The molecular formula is C18H25N3O4. The second-order valence-electron chi connectivity index (χ2n) is 5.94. The first-order valence-corrected chi connectivity index (χ1v) is 8.54. The molecule has 2 atom stereocenters. The summed E-state index contributed by atoms with van der Waals surface area (Å²) in [7, 11) is 0. The van der Waals surface area contributed by atoms with Gasteiger partial charge in [0.25, 0.3) is 0 Å². The second kappa shape index (κ2) is 9.17. The Kier molecular flexibility index (Phi) is 6.94. The maximum Gasteiger partial charge on any atom is 0.325 e. The van der Waals surface area contributed by atoms with Crippen molar-refractivity contribution in [2.45, 2.75) is 32.4 Å². The number of nitrogens with zero attached hydrogens (tertiary/aromatic N) is 1. The van der Waals surface area contributed by atoms with Gasteiger partial charge in [0.05, 0.1) is 12.6 Å². The number of esters is 1. The number of hydrogen-bond acceptors (Lipinski definition) is 5. The lowest BCUT2D eigenvalue weighted by Crippen LogP contribution is -2.61. The molecule has 2 rings (SSSR count). The Morgan fingerprint density at radius 3 is 2.76 bits per heavy atom. The largest absolute Gasteiger partial charge is 0.465 e. The van der Waals surface area contributed by atoms with Gasteiger partial charge in [-0.2, -0.15) is 0 Å². The molecule has 136 valence electrons. The Balaban J connectivity index is 2.12. The third-order valence-corrected chi connectivity index (χ3v) is 4.12.